The van der Waals surface area contributed by atoms with Gasteiger partial charge in [0.25, 0.3) is 0 Å². The summed E-state index contributed by atoms with van der Waals surface area (Å²) < 4.78 is 20.1. The molecule has 0 aromatic heterocycles. The molecule has 0 radical (unpaired) electrons. The molecule has 0 spiro atoms. The smallest absolute Gasteiger partial charge is 0.449 e. The van der Waals surface area contributed by atoms with Crippen molar-refractivity contribution in [2.75, 3.05) is 0 Å². The van der Waals surface area contributed by atoms with E-state index in [0.29, 0.717) is 0 Å². The number of hydrogen-bond donors (Lipinski definition) is 0. The average Bonchev–Trinajstić information content (AvgIpc) is 2.68. The molecule has 0 bridgehead atoms. The molecule has 0 aromatic carbocycles. The Labute approximate surface area is 163 Å². The van der Waals surface area contributed by atoms with Gasteiger partial charge in [0.2, 0.25) is 0 Å². The van der Waals surface area contributed by atoms with E-state index in [1.807, 2.05) is 0 Å². The molecule has 0 aromatic rings. The highest BCUT2D eigenvalue weighted by Crippen LogP contribution is 2.34. The lowest BCUT2D eigenvalue weighted by molar-refractivity contribution is -0.100. The van der Waals surface area contributed by atoms with Gasteiger partial charge in [-0.05, 0) is 57.8 Å². The first kappa shape index (κ1) is 25.4. The third kappa shape index (κ3) is 6.82. The van der Waals surface area contributed by atoms with Crippen molar-refractivity contribution in [1.29, 1.82) is 0 Å². The van der Waals surface area contributed by atoms with E-state index in [1.54, 1.807) is 0 Å². The summed E-state index contributed by atoms with van der Waals surface area (Å²) in [6.45, 7) is 20.0. The minimum Gasteiger partial charge on any atom is -0.449 e. The molecule has 0 atom stereocenters. The number of rotatable bonds is 15. The van der Waals surface area contributed by atoms with E-state index >= 15 is 0 Å². The Balaban J connectivity index is 5.64. The molecule has 0 aliphatic heterocycles. The maximum Gasteiger partial charge on any atom is 0.906 e. The third-order valence-corrected chi connectivity index (χ3v) is 8.92. The van der Waals surface area contributed by atoms with Crippen LogP contribution in [0.4, 0.5) is 0 Å². The zero-order valence-corrected chi connectivity index (χ0v) is 19.8. The van der Waals surface area contributed by atoms with Crippen LogP contribution in [0.2, 0.25) is 0 Å². The average molecular weight is 373 g/mol. The molecule has 0 aliphatic carbocycles. The quantitative estimate of drug-likeness (QED) is 0.292. The zero-order chi connectivity index (χ0) is 19.6. The van der Waals surface area contributed by atoms with Crippen molar-refractivity contribution in [3.8, 4) is 0 Å². The van der Waals surface area contributed by atoms with Crippen LogP contribution >= 0.6 is 0 Å². The molecule has 150 valence electrons. The lowest BCUT2D eigenvalue weighted by atomic mass is 9.95. The van der Waals surface area contributed by atoms with Gasteiger partial charge in [0.15, 0.2) is 0 Å². The van der Waals surface area contributed by atoms with Gasteiger partial charge in [0.1, 0.15) is 0 Å². The highest BCUT2D eigenvalue weighted by atomic mass is 27.3. The van der Waals surface area contributed by atoms with Crippen LogP contribution in [0, 0.1) is 0 Å². The normalized spacial score (nSPS) is 13.3. The van der Waals surface area contributed by atoms with Gasteiger partial charge in [0, 0.05) is 16.8 Å². The van der Waals surface area contributed by atoms with Gasteiger partial charge < -0.3 is 11.4 Å². The second kappa shape index (κ2) is 12.0. The van der Waals surface area contributed by atoms with Gasteiger partial charge in [0.05, 0.1) is 0 Å². The van der Waals surface area contributed by atoms with E-state index in [9.17, 15) is 0 Å². The summed E-state index contributed by atoms with van der Waals surface area (Å²) >= 11 is -2.27. The monoisotopic (exact) mass is 372 g/mol. The Morgan fingerprint density at radius 2 is 0.560 bits per heavy atom. The fraction of sp³-hybridized carbons (Fsp3) is 1.00. The molecule has 0 heterocycles. The fourth-order valence-corrected chi connectivity index (χ4v) is 6.55. The lowest BCUT2D eigenvalue weighted by Crippen LogP contribution is -2.50. The summed E-state index contributed by atoms with van der Waals surface area (Å²) in [6.07, 6.45) is 9.04. The van der Waals surface area contributed by atoms with Crippen LogP contribution < -0.4 is 0 Å². The topological polar surface area (TPSA) is 27.7 Å². The van der Waals surface area contributed by atoms with Crippen molar-refractivity contribution in [2.45, 2.75) is 137 Å². The summed E-state index contributed by atoms with van der Waals surface area (Å²) in [7, 11) is 0. The van der Waals surface area contributed by atoms with Crippen LogP contribution in [0.15, 0.2) is 0 Å². The van der Waals surface area contributed by atoms with Crippen LogP contribution in [0.25, 0.3) is 0 Å². The van der Waals surface area contributed by atoms with Gasteiger partial charge in [-0.25, -0.2) is 0 Å². The fourth-order valence-electron chi connectivity index (χ4n) is 3.68. The molecule has 0 amide bonds. The zero-order valence-electron chi connectivity index (χ0n) is 18.7. The van der Waals surface area contributed by atoms with Crippen LogP contribution in [0.5, 0.6) is 0 Å². The van der Waals surface area contributed by atoms with Gasteiger partial charge in [-0.1, -0.05) is 62.3 Å². The van der Waals surface area contributed by atoms with Crippen LogP contribution in [0.1, 0.15) is 120 Å². The molecular formula is C21H45AlO3. The molecule has 3 nitrogen and oxygen atoms in total. The Bertz CT molecular complexity index is 257. The molecule has 0 fully saturated rings. The Morgan fingerprint density at radius 3 is 0.680 bits per heavy atom. The van der Waals surface area contributed by atoms with E-state index in [-0.39, 0.29) is 16.8 Å². The standard InChI is InChI=1S/3C7H15O.Al/c3*1-4-7(8,5-2)6-3;/h3*4-6H2,1-3H3;/q3*-1;+3. The van der Waals surface area contributed by atoms with E-state index in [0.717, 1.165) is 57.8 Å². The predicted octanol–water partition coefficient (Wildman–Crippen LogP) is 6.93. The van der Waals surface area contributed by atoms with Crippen molar-refractivity contribution in [3.63, 3.8) is 0 Å². The largest absolute Gasteiger partial charge is 0.906 e. The summed E-state index contributed by atoms with van der Waals surface area (Å²) in [5.74, 6) is 0. The molecule has 0 saturated heterocycles. The first-order chi connectivity index (χ1) is 11.8. The molecule has 25 heavy (non-hydrogen) atoms. The molecule has 0 N–H and O–H groups in total. The van der Waals surface area contributed by atoms with E-state index in [1.165, 1.54) is 0 Å². The third-order valence-electron chi connectivity index (χ3n) is 6.84. The van der Waals surface area contributed by atoms with Crippen molar-refractivity contribution >= 4 is 15.1 Å². The first-order valence-electron chi connectivity index (χ1n) is 10.9. The Kier molecular flexibility index (Phi) is 12.2. The van der Waals surface area contributed by atoms with Crippen LogP contribution in [0.3, 0.4) is 0 Å². The molecule has 0 rings (SSSR count). The molecule has 4 heteroatoms. The minimum absolute atomic E-state index is 0.112. The maximum atomic E-state index is 6.70. The van der Waals surface area contributed by atoms with Crippen LogP contribution in [-0.2, 0) is 11.4 Å². The first-order valence-corrected chi connectivity index (χ1v) is 12.3. The highest BCUT2D eigenvalue weighted by molar-refractivity contribution is 6.37. The minimum atomic E-state index is -2.27. The van der Waals surface area contributed by atoms with Gasteiger partial charge in [-0.2, -0.15) is 0 Å². The summed E-state index contributed by atoms with van der Waals surface area (Å²) in [5.41, 5.74) is -0.337. The number of hydrogen-bond acceptors (Lipinski definition) is 3. The molecular weight excluding hydrogens is 327 g/mol. The SMILES string of the molecule is CCC(CC)(CC)[O][Al]([O]C(CC)(CC)CC)[O]C(CC)(CC)CC. The van der Waals surface area contributed by atoms with Gasteiger partial charge >= 0.3 is 15.1 Å². The maximum absolute atomic E-state index is 6.70. The van der Waals surface area contributed by atoms with E-state index in [4.69, 9.17) is 11.4 Å². The van der Waals surface area contributed by atoms with Crippen molar-refractivity contribution in [3.05, 3.63) is 0 Å². The lowest BCUT2D eigenvalue weighted by Gasteiger charge is -2.42. The summed E-state index contributed by atoms with van der Waals surface area (Å²) in [5, 5.41) is 0. The van der Waals surface area contributed by atoms with Gasteiger partial charge in [-0.3, -0.25) is 0 Å². The van der Waals surface area contributed by atoms with Gasteiger partial charge in [-0.15, -0.1) is 0 Å². The molecule has 0 unspecified atom stereocenters. The van der Waals surface area contributed by atoms with Crippen molar-refractivity contribution < 1.29 is 11.4 Å². The van der Waals surface area contributed by atoms with Crippen molar-refractivity contribution in [1.82, 2.24) is 0 Å². The Hall–Kier alpha value is 0.412. The Morgan fingerprint density at radius 1 is 0.400 bits per heavy atom. The van der Waals surface area contributed by atoms with E-state index in [2.05, 4.69) is 62.3 Å². The molecule has 0 saturated carbocycles. The summed E-state index contributed by atoms with van der Waals surface area (Å²) in [4.78, 5) is 0. The van der Waals surface area contributed by atoms with Crippen molar-refractivity contribution in [2.24, 2.45) is 0 Å². The highest BCUT2D eigenvalue weighted by Gasteiger charge is 2.48. The van der Waals surface area contributed by atoms with Crippen LogP contribution in [-0.4, -0.2) is 32.0 Å². The second-order valence-corrected chi connectivity index (χ2v) is 8.66. The second-order valence-electron chi connectivity index (χ2n) is 7.37. The predicted molar refractivity (Wildman–Crippen MR) is 110 cm³/mol. The molecule has 0 aliphatic rings. The summed E-state index contributed by atoms with van der Waals surface area (Å²) in [6, 6.07) is 0. The van der Waals surface area contributed by atoms with E-state index < -0.39 is 15.1 Å².